The van der Waals surface area contributed by atoms with E-state index >= 15 is 0 Å². The quantitative estimate of drug-likeness (QED) is 0.471. The van der Waals surface area contributed by atoms with Gasteiger partial charge in [-0.3, -0.25) is 0 Å². The number of ether oxygens (including phenoxy) is 3. The van der Waals surface area contributed by atoms with Crippen LogP contribution in [0.3, 0.4) is 0 Å². The summed E-state index contributed by atoms with van der Waals surface area (Å²) in [6, 6.07) is 0. The van der Waals surface area contributed by atoms with Gasteiger partial charge in [0.1, 0.15) is 0 Å². The van der Waals surface area contributed by atoms with Gasteiger partial charge in [-0.25, -0.2) is 4.79 Å². The van der Waals surface area contributed by atoms with E-state index < -0.39 is 6.16 Å². The maximum absolute atomic E-state index is 10.9. The Morgan fingerprint density at radius 3 is 2.50 bits per heavy atom. The topological polar surface area (TPSA) is 44.8 Å². The first-order valence-electron chi connectivity index (χ1n) is 5.03. The van der Waals surface area contributed by atoms with Gasteiger partial charge in [-0.05, 0) is 13.3 Å². The first kappa shape index (κ1) is 13.2. The molecule has 4 nitrogen and oxygen atoms in total. The third-order valence-corrected chi connectivity index (χ3v) is 1.86. The Morgan fingerprint density at radius 1 is 1.29 bits per heavy atom. The molecule has 0 saturated heterocycles. The minimum absolute atomic E-state index is 0.110. The number of hydrogen-bond acceptors (Lipinski definition) is 4. The van der Waals surface area contributed by atoms with Gasteiger partial charge in [0, 0.05) is 13.5 Å². The summed E-state index contributed by atoms with van der Waals surface area (Å²) in [5.74, 6) is 0. The van der Waals surface area contributed by atoms with E-state index in [2.05, 4.69) is 0 Å². The fraction of sp³-hybridized carbons (Fsp3) is 0.900. The van der Waals surface area contributed by atoms with Crippen LogP contribution < -0.4 is 0 Å². The van der Waals surface area contributed by atoms with Crippen molar-refractivity contribution in [2.45, 2.75) is 39.2 Å². The van der Waals surface area contributed by atoms with Crippen LogP contribution in [0, 0.1) is 0 Å². The Bertz CT molecular complexity index is 147. The molecule has 0 rings (SSSR count). The molecule has 0 bridgehead atoms. The molecule has 0 fully saturated rings. The Morgan fingerprint density at radius 2 is 1.93 bits per heavy atom. The molecule has 0 aromatic heterocycles. The van der Waals surface area contributed by atoms with Crippen molar-refractivity contribution in [1.29, 1.82) is 0 Å². The lowest BCUT2D eigenvalue weighted by atomic mass is 10.3. The molecule has 0 aliphatic rings. The van der Waals surface area contributed by atoms with Crippen LogP contribution in [0.4, 0.5) is 4.79 Å². The van der Waals surface area contributed by atoms with E-state index in [1.165, 1.54) is 0 Å². The first-order chi connectivity index (χ1) is 6.70. The summed E-state index contributed by atoms with van der Waals surface area (Å²) in [5.41, 5.74) is 0. The van der Waals surface area contributed by atoms with Gasteiger partial charge in [0.15, 0.2) is 0 Å². The van der Waals surface area contributed by atoms with Gasteiger partial charge in [-0.1, -0.05) is 13.3 Å². The molecule has 1 atom stereocenters. The lowest BCUT2D eigenvalue weighted by Gasteiger charge is -2.09. The number of hydrogen-bond donors (Lipinski definition) is 0. The molecule has 0 aromatic rings. The Balaban J connectivity index is 3.26. The minimum Gasteiger partial charge on any atom is -0.434 e. The first-order valence-corrected chi connectivity index (χ1v) is 5.03. The smallest absolute Gasteiger partial charge is 0.434 e. The standard InChI is InChI=1S/C10H20O4/c1-4-5-7-13-10(11)14-8-6-9(2)12-3/h9H,4-8H2,1-3H3. The van der Waals surface area contributed by atoms with Crippen molar-refractivity contribution in [2.75, 3.05) is 20.3 Å². The molecule has 0 amide bonds. The Kier molecular flexibility index (Phi) is 8.33. The zero-order chi connectivity index (χ0) is 10.8. The Labute approximate surface area is 85.5 Å². The number of rotatable bonds is 7. The zero-order valence-electron chi connectivity index (χ0n) is 9.25. The molecule has 0 aliphatic heterocycles. The van der Waals surface area contributed by atoms with Gasteiger partial charge in [0.25, 0.3) is 0 Å². The van der Waals surface area contributed by atoms with E-state index in [9.17, 15) is 4.79 Å². The van der Waals surface area contributed by atoms with Crippen molar-refractivity contribution in [3.63, 3.8) is 0 Å². The van der Waals surface area contributed by atoms with Gasteiger partial charge in [-0.2, -0.15) is 0 Å². The van der Waals surface area contributed by atoms with Gasteiger partial charge in [0.2, 0.25) is 0 Å². The van der Waals surface area contributed by atoms with Crippen LogP contribution in [0.15, 0.2) is 0 Å². The highest BCUT2D eigenvalue weighted by atomic mass is 16.7. The van der Waals surface area contributed by atoms with E-state index in [1.807, 2.05) is 13.8 Å². The predicted molar refractivity (Wildman–Crippen MR) is 53.3 cm³/mol. The molecule has 0 radical (unpaired) electrons. The zero-order valence-corrected chi connectivity index (χ0v) is 9.25. The molecule has 0 spiro atoms. The molecule has 0 saturated carbocycles. The van der Waals surface area contributed by atoms with Crippen LogP contribution in [0.25, 0.3) is 0 Å². The van der Waals surface area contributed by atoms with E-state index in [-0.39, 0.29) is 6.10 Å². The third-order valence-electron chi connectivity index (χ3n) is 1.86. The minimum atomic E-state index is -0.582. The Hall–Kier alpha value is -0.770. The van der Waals surface area contributed by atoms with Gasteiger partial charge in [-0.15, -0.1) is 0 Å². The molecule has 4 heteroatoms. The highest BCUT2D eigenvalue weighted by molar-refractivity contribution is 5.59. The second-order valence-electron chi connectivity index (χ2n) is 3.14. The van der Waals surface area contributed by atoms with Gasteiger partial charge >= 0.3 is 6.16 Å². The van der Waals surface area contributed by atoms with Crippen LogP contribution in [0.1, 0.15) is 33.1 Å². The molecule has 14 heavy (non-hydrogen) atoms. The summed E-state index contributed by atoms with van der Waals surface area (Å²) >= 11 is 0. The number of carbonyl (C=O) groups excluding carboxylic acids is 1. The van der Waals surface area contributed by atoms with E-state index in [0.29, 0.717) is 19.6 Å². The largest absolute Gasteiger partial charge is 0.508 e. The summed E-state index contributed by atoms with van der Waals surface area (Å²) in [7, 11) is 1.63. The fourth-order valence-corrected chi connectivity index (χ4v) is 0.768. The molecule has 0 N–H and O–H groups in total. The third kappa shape index (κ3) is 7.86. The van der Waals surface area contributed by atoms with E-state index in [0.717, 1.165) is 12.8 Å². The van der Waals surface area contributed by atoms with Gasteiger partial charge in [0.05, 0.1) is 19.3 Å². The van der Waals surface area contributed by atoms with Crippen LogP contribution >= 0.6 is 0 Å². The number of unbranched alkanes of at least 4 members (excludes halogenated alkanes) is 1. The highest BCUT2D eigenvalue weighted by Gasteiger charge is 2.05. The van der Waals surface area contributed by atoms with Gasteiger partial charge < -0.3 is 14.2 Å². The van der Waals surface area contributed by atoms with Crippen molar-refractivity contribution in [2.24, 2.45) is 0 Å². The predicted octanol–water partition coefficient (Wildman–Crippen LogP) is 2.36. The molecule has 0 aromatic carbocycles. The van der Waals surface area contributed by atoms with E-state index in [4.69, 9.17) is 14.2 Å². The normalized spacial score (nSPS) is 12.2. The lowest BCUT2D eigenvalue weighted by molar-refractivity contribution is 0.0366. The van der Waals surface area contributed by atoms with Crippen molar-refractivity contribution in [1.82, 2.24) is 0 Å². The average molecular weight is 204 g/mol. The van der Waals surface area contributed by atoms with Crippen LogP contribution in [-0.4, -0.2) is 32.6 Å². The van der Waals surface area contributed by atoms with Crippen molar-refractivity contribution < 1.29 is 19.0 Å². The molecular weight excluding hydrogens is 184 g/mol. The van der Waals surface area contributed by atoms with Crippen molar-refractivity contribution >= 4 is 6.16 Å². The number of carbonyl (C=O) groups is 1. The average Bonchev–Trinajstić information content (AvgIpc) is 2.18. The summed E-state index contributed by atoms with van der Waals surface area (Å²) in [6.07, 6.45) is 2.11. The molecule has 84 valence electrons. The summed E-state index contributed by atoms with van der Waals surface area (Å²) in [4.78, 5) is 10.9. The maximum Gasteiger partial charge on any atom is 0.508 e. The van der Waals surface area contributed by atoms with Crippen LogP contribution in [-0.2, 0) is 14.2 Å². The fourth-order valence-electron chi connectivity index (χ4n) is 0.768. The molecule has 0 heterocycles. The lowest BCUT2D eigenvalue weighted by Crippen LogP contribution is -2.14. The monoisotopic (exact) mass is 204 g/mol. The molecular formula is C10H20O4. The van der Waals surface area contributed by atoms with Crippen molar-refractivity contribution in [3.8, 4) is 0 Å². The van der Waals surface area contributed by atoms with Crippen LogP contribution in [0.5, 0.6) is 0 Å². The highest BCUT2D eigenvalue weighted by Crippen LogP contribution is 1.97. The van der Waals surface area contributed by atoms with E-state index in [1.54, 1.807) is 7.11 Å². The SMILES string of the molecule is CCCCOC(=O)OCCC(C)OC. The summed E-state index contributed by atoms with van der Waals surface area (Å²) in [5, 5.41) is 0. The van der Waals surface area contributed by atoms with Crippen LogP contribution in [0.2, 0.25) is 0 Å². The summed E-state index contributed by atoms with van der Waals surface area (Å²) in [6.45, 7) is 4.75. The second-order valence-corrected chi connectivity index (χ2v) is 3.14. The van der Waals surface area contributed by atoms with Crippen molar-refractivity contribution in [3.05, 3.63) is 0 Å². The molecule has 0 aliphatic carbocycles. The second kappa shape index (κ2) is 8.81. The number of methoxy groups -OCH3 is 1. The maximum atomic E-state index is 10.9. The molecule has 1 unspecified atom stereocenters. The summed E-state index contributed by atoms with van der Waals surface area (Å²) < 4.78 is 14.6.